The Kier molecular flexibility index (Phi) is 4.28. The molecular weight excluding hydrogens is 317 g/mol. The summed E-state index contributed by atoms with van der Waals surface area (Å²) >= 11 is 11.8. The second-order valence-electron chi connectivity index (χ2n) is 4.42. The predicted molar refractivity (Wildman–Crippen MR) is 83.2 cm³/mol. The molecule has 0 radical (unpaired) electrons. The summed E-state index contributed by atoms with van der Waals surface area (Å²) in [5, 5.41) is 0.226. The molecule has 2 aromatic rings. The molecule has 106 valence electrons. The van der Waals surface area contributed by atoms with E-state index in [1.165, 1.54) is 6.07 Å². The molecule has 20 heavy (non-hydrogen) atoms. The van der Waals surface area contributed by atoms with Crippen molar-refractivity contribution in [2.75, 3.05) is 4.72 Å². The van der Waals surface area contributed by atoms with Gasteiger partial charge in [0, 0.05) is 0 Å². The van der Waals surface area contributed by atoms with Gasteiger partial charge in [-0.25, -0.2) is 8.42 Å². The minimum atomic E-state index is -3.78. The topological polar surface area (TPSA) is 46.2 Å². The number of hydrogen-bond donors (Lipinski definition) is 1. The van der Waals surface area contributed by atoms with Crippen molar-refractivity contribution in [2.45, 2.75) is 18.7 Å². The predicted octanol–water partition coefficient (Wildman–Crippen LogP) is 4.41. The number of para-hydroxylation sites is 1. The Balaban J connectivity index is 2.50. The Hall–Kier alpha value is -1.23. The van der Waals surface area contributed by atoms with Gasteiger partial charge in [-0.2, -0.15) is 0 Å². The molecule has 2 aromatic carbocycles. The molecule has 0 heterocycles. The van der Waals surface area contributed by atoms with E-state index >= 15 is 0 Å². The number of aryl methyl sites for hydroxylation is 2. The zero-order valence-electron chi connectivity index (χ0n) is 10.9. The van der Waals surface area contributed by atoms with Crippen LogP contribution in [-0.2, 0) is 10.0 Å². The summed E-state index contributed by atoms with van der Waals surface area (Å²) in [4.78, 5) is -0.0330. The minimum absolute atomic E-state index is 0.0212. The van der Waals surface area contributed by atoms with Crippen molar-refractivity contribution >= 4 is 38.9 Å². The molecule has 1 N–H and O–H groups in total. The van der Waals surface area contributed by atoms with Crippen LogP contribution < -0.4 is 4.72 Å². The first-order valence-electron chi connectivity index (χ1n) is 5.86. The molecule has 3 nitrogen and oxygen atoms in total. The number of anilines is 1. The summed E-state index contributed by atoms with van der Waals surface area (Å²) in [5.41, 5.74) is 2.24. The van der Waals surface area contributed by atoms with Crippen LogP contribution in [0.25, 0.3) is 0 Å². The average molecular weight is 330 g/mol. The van der Waals surface area contributed by atoms with E-state index in [1.54, 1.807) is 12.1 Å². The van der Waals surface area contributed by atoms with Gasteiger partial charge in [0.25, 0.3) is 10.0 Å². The van der Waals surface area contributed by atoms with E-state index in [2.05, 4.69) is 4.72 Å². The van der Waals surface area contributed by atoms with Gasteiger partial charge >= 0.3 is 0 Å². The summed E-state index contributed by atoms with van der Waals surface area (Å²) < 4.78 is 27.4. The highest BCUT2D eigenvalue weighted by Gasteiger charge is 2.20. The van der Waals surface area contributed by atoms with E-state index in [0.717, 1.165) is 11.1 Å². The van der Waals surface area contributed by atoms with Gasteiger partial charge in [-0.1, -0.05) is 47.5 Å². The van der Waals surface area contributed by atoms with Crippen molar-refractivity contribution < 1.29 is 8.42 Å². The smallest absolute Gasteiger partial charge is 0.263 e. The van der Waals surface area contributed by atoms with Gasteiger partial charge in [0.15, 0.2) is 0 Å². The first kappa shape index (κ1) is 15.2. The fourth-order valence-corrected chi connectivity index (χ4v) is 3.82. The fraction of sp³-hybridized carbons (Fsp3) is 0.143. The highest BCUT2D eigenvalue weighted by atomic mass is 35.5. The molecule has 0 aliphatic heterocycles. The summed E-state index contributed by atoms with van der Waals surface area (Å²) in [6.45, 7) is 3.68. The molecule has 0 saturated carbocycles. The summed E-state index contributed by atoms with van der Waals surface area (Å²) in [6.07, 6.45) is 0. The van der Waals surface area contributed by atoms with Crippen LogP contribution >= 0.6 is 23.2 Å². The Bertz CT molecular complexity index is 738. The van der Waals surface area contributed by atoms with Crippen molar-refractivity contribution in [3.63, 3.8) is 0 Å². The lowest BCUT2D eigenvalue weighted by molar-refractivity contribution is 0.601. The van der Waals surface area contributed by atoms with E-state index < -0.39 is 10.0 Å². The molecule has 6 heteroatoms. The van der Waals surface area contributed by atoms with Crippen LogP contribution in [0.2, 0.25) is 10.0 Å². The summed E-state index contributed by atoms with van der Waals surface area (Å²) in [5.74, 6) is 0. The van der Waals surface area contributed by atoms with Crippen molar-refractivity contribution in [1.82, 2.24) is 0 Å². The molecule has 0 saturated heterocycles. The number of nitrogens with one attached hydrogen (secondary N) is 1. The van der Waals surface area contributed by atoms with Crippen LogP contribution in [-0.4, -0.2) is 8.42 Å². The van der Waals surface area contributed by atoms with Gasteiger partial charge in [0.1, 0.15) is 4.90 Å². The minimum Gasteiger partial charge on any atom is -0.279 e. The van der Waals surface area contributed by atoms with Crippen LogP contribution in [0.5, 0.6) is 0 Å². The second-order valence-corrected chi connectivity index (χ2v) is 6.86. The van der Waals surface area contributed by atoms with Crippen LogP contribution in [0.3, 0.4) is 0 Å². The highest BCUT2D eigenvalue weighted by Crippen LogP contribution is 2.31. The molecule has 2 rings (SSSR count). The summed E-state index contributed by atoms with van der Waals surface area (Å²) in [6, 6.07) is 10.1. The molecular formula is C14H13Cl2NO2S. The molecule has 0 bridgehead atoms. The zero-order valence-corrected chi connectivity index (χ0v) is 13.3. The van der Waals surface area contributed by atoms with E-state index in [4.69, 9.17) is 23.2 Å². The lowest BCUT2D eigenvalue weighted by atomic mass is 10.1. The first-order valence-corrected chi connectivity index (χ1v) is 8.10. The van der Waals surface area contributed by atoms with Gasteiger partial charge < -0.3 is 0 Å². The van der Waals surface area contributed by atoms with Gasteiger partial charge in [-0.3, -0.25) is 4.72 Å². The molecule has 0 aromatic heterocycles. The van der Waals surface area contributed by atoms with Crippen molar-refractivity contribution in [2.24, 2.45) is 0 Å². The monoisotopic (exact) mass is 329 g/mol. The SMILES string of the molecule is Cc1cccc(C)c1NS(=O)(=O)c1cccc(Cl)c1Cl. The van der Waals surface area contributed by atoms with E-state index in [1.807, 2.05) is 32.0 Å². The Morgan fingerprint density at radius 2 is 1.50 bits per heavy atom. The van der Waals surface area contributed by atoms with Gasteiger partial charge in [0.05, 0.1) is 15.7 Å². The number of hydrogen-bond acceptors (Lipinski definition) is 2. The Morgan fingerprint density at radius 1 is 0.950 bits per heavy atom. The number of halogens is 2. The normalized spacial score (nSPS) is 11.4. The molecule has 0 unspecified atom stereocenters. The zero-order chi connectivity index (χ0) is 14.9. The molecule has 0 fully saturated rings. The maximum atomic E-state index is 12.4. The molecule has 0 atom stereocenters. The third-order valence-electron chi connectivity index (χ3n) is 2.92. The van der Waals surface area contributed by atoms with Gasteiger partial charge in [0.2, 0.25) is 0 Å². The maximum Gasteiger partial charge on any atom is 0.263 e. The second kappa shape index (κ2) is 5.64. The lowest BCUT2D eigenvalue weighted by Gasteiger charge is -2.14. The van der Waals surface area contributed by atoms with E-state index in [-0.39, 0.29) is 14.9 Å². The van der Waals surface area contributed by atoms with Crippen LogP contribution in [0.1, 0.15) is 11.1 Å². The Labute approximate surface area is 128 Å². The van der Waals surface area contributed by atoms with Crippen molar-refractivity contribution in [3.05, 3.63) is 57.6 Å². The van der Waals surface area contributed by atoms with Crippen LogP contribution in [0.4, 0.5) is 5.69 Å². The van der Waals surface area contributed by atoms with E-state index in [9.17, 15) is 8.42 Å². The van der Waals surface area contributed by atoms with Crippen molar-refractivity contribution in [1.29, 1.82) is 0 Å². The van der Waals surface area contributed by atoms with Crippen LogP contribution in [0.15, 0.2) is 41.3 Å². The third kappa shape index (κ3) is 2.92. The largest absolute Gasteiger partial charge is 0.279 e. The Morgan fingerprint density at radius 3 is 2.10 bits per heavy atom. The van der Waals surface area contributed by atoms with Crippen molar-refractivity contribution in [3.8, 4) is 0 Å². The fourth-order valence-electron chi connectivity index (χ4n) is 1.86. The maximum absolute atomic E-state index is 12.4. The molecule has 0 spiro atoms. The molecule has 0 aliphatic carbocycles. The first-order chi connectivity index (χ1) is 9.33. The molecule has 0 aliphatic rings. The van der Waals surface area contributed by atoms with Crippen LogP contribution in [0, 0.1) is 13.8 Å². The summed E-state index contributed by atoms with van der Waals surface area (Å²) in [7, 11) is -3.78. The average Bonchev–Trinajstić information content (AvgIpc) is 2.37. The quantitative estimate of drug-likeness (QED) is 0.906. The van der Waals surface area contributed by atoms with Gasteiger partial charge in [-0.15, -0.1) is 0 Å². The van der Waals surface area contributed by atoms with E-state index in [0.29, 0.717) is 5.69 Å². The number of rotatable bonds is 3. The number of sulfonamides is 1. The third-order valence-corrected chi connectivity index (χ3v) is 5.25. The van der Waals surface area contributed by atoms with Gasteiger partial charge in [-0.05, 0) is 37.1 Å². The molecule has 0 amide bonds. The lowest BCUT2D eigenvalue weighted by Crippen LogP contribution is -2.15. The number of benzene rings is 2. The highest BCUT2D eigenvalue weighted by molar-refractivity contribution is 7.92. The standard InChI is InChI=1S/C14H13Cl2NO2S/c1-9-5-3-6-10(2)14(9)17-20(18,19)12-8-4-7-11(15)13(12)16/h3-8,17H,1-2H3.